The van der Waals surface area contributed by atoms with Crippen molar-refractivity contribution in [1.29, 1.82) is 0 Å². The van der Waals surface area contributed by atoms with Crippen LogP contribution in [0.1, 0.15) is 25.0 Å². The molecule has 7 nitrogen and oxygen atoms in total. The maximum Gasteiger partial charge on any atom is 0.336 e. The number of hydrogen-bond acceptors (Lipinski definition) is 7. The first-order valence-corrected chi connectivity index (χ1v) is 10.2. The molecule has 2 aromatic carbocycles. The molecule has 166 valence electrons. The van der Waals surface area contributed by atoms with E-state index in [1.165, 1.54) is 12.1 Å². The fourth-order valence-corrected chi connectivity index (χ4v) is 3.68. The first-order valence-electron chi connectivity index (χ1n) is 10.2. The zero-order valence-corrected chi connectivity index (χ0v) is 18.3. The van der Waals surface area contributed by atoms with Crippen LogP contribution in [-0.4, -0.2) is 31.9 Å². The van der Waals surface area contributed by atoms with Crippen LogP contribution in [0.15, 0.2) is 57.8 Å². The zero-order valence-electron chi connectivity index (χ0n) is 18.3. The van der Waals surface area contributed by atoms with Crippen LogP contribution in [0.5, 0.6) is 17.2 Å². The summed E-state index contributed by atoms with van der Waals surface area (Å²) in [6, 6.07) is 12.0. The van der Waals surface area contributed by atoms with E-state index in [9.17, 15) is 9.59 Å². The third-order valence-corrected chi connectivity index (χ3v) is 5.45. The average molecular weight is 436 g/mol. The first kappa shape index (κ1) is 21.5. The fourth-order valence-electron chi connectivity index (χ4n) is 3.68. The lowest BCUT2D eigenvalue weighted by Crippen LogP contribution is -2.48. The summed E-state index contributed by atoms with van der Waals surface area (Å²) in [4.78, 5) is 24.1. The summed E-state index contributed by atoms with van der Waals surface area (Å²) < 4.78 is 27.7. The molecule has 0 fully saturated rings. The first-order chi connectivity index (χ1) is 15.3. The largest absolute Gasteiger partial charge is 0.497 e. The molecule has 7 heteroatoms. The Hall–Kier alpha value is -3.74. The lowest BCUT2D eigenvalue weighted by molar-refractivity contribution is -0.155. The van der Waals surface area contributed by atoms with Crippen LogP contribution in [0.3, 0.4) is 0 Å². The third-order valence-electron chi connectivity index (χ3n) is 5.45. The number of methoxy groups -OCH3 is 2. The molecule has 1 aliphatic heterocycles. The summed E-state index contributed by atoms with van der Waals surface area (Å²) in [6.07, 6.45) is 2.95. The van der Waals surface area contributed by atoms with Crippen LogP contribution < -0.4 is 19.8 Å². The van der Waals surface area contributed by atoms with E-state index >= 15 is 0 Å². The molecule has 0 saturated carbocycles. The number of hydrogen-bond donors (Lipinski definition) is 0. The minimum absolute atomic E-state index is 0.418. The number of rotatable bonds is 5. The molecular formula is C25H24O7. The number of carbonyl (C=O) groups is 1. The van der Waals surface area contributed by atoms with Gasteiger partial charge in [-0.3, -0.25) is 0 Å². The Bertz CT molecular complexity index is 1250. The lowest BCUT2D eigenvalue weighted by Gasteiger charge is -2.39. The predicted molar refractivity (Wildman–Crippen MR) is 119 cm³/mol. The van der Waals surface area contributed by atoms with Gasteiger partial charge in [0.2, 0.25) is 0 Å². The fraction of sp³-hybridized carbons (Fsp3) is 0.280. The molecule has 0 bridgehead atoms. The van der Waals surface area contributed by atoms with Gasteiger partial charge in [0.1, 0.15) is 34.5 Å². The van der Waals surface area contributed by atoms with E-state index in [0.717, 1.165) is 10.9 Å². The van der Waals surface area contributed by atoms with Crippen LogP contribution in [0.2, 0.25) is 0 Å². The summed E-state index contributed by atoms with van der Waals surface area (Å²) in [6.45, 7) is 3.71. The second-order valence-corrected chi connectivity index (χ2v) is 8.03. The topological polar surface area (TPSA) is 84.2 Å². The molecule has 0 amide bonds. The van der Waals surface area contributed by atoms with Gasteiger partial charge in [-0.05, 0) is 55.8 Å². The van der Waals surface area contributed by atoms with Crippen molar-refractivity contribution in [2.45, 2.75) is 32.0 Å². The van der Waals surface area contributed by atoms with Gasteiger partial charge in [0.05, 0.1) is 14.2 Å². The van der Waals surface area contributed by atoms with E-state index in [1.807, 2.05) is 19.9 Å². The molecule has 0 N–H and O–H groups in total. The quantitative estimate of drug-likeness (QED) is 0.337. The van der Waals surface area contributed by atoms with Crippen LogP contribution in [-0.2, 0) is 16.0 Å². The number of fused-ring (bicyclic) bond motifs is 2. The van der Waals surface area contributed by atoms with Crippen molar-refractivity contribution in [1.82, 2.24) is 0 Å². The van der Waals surface area contributed by atoms with Crippen molar-refractivity contribution < 1.29 is 28.2 Å². The van der Waals surface area contributed by atoms with E-state index in [4.69, 9.17) is 23.4 Å². The number of carbonyl (C=O) groups excluding carboxylic acids is 1. The number of esters is 1. The zero-order chi connectivity index (χ0) is 22.9. The minimum atomic E-state index is -0.771. The van der Waals surface area contributed by atoms with Gasteiger partial charge in [0, 0.05) is 35.6 Å². The van der Waals surface area contributed by atoms with E-state index < -0.39 is 23.3 Å². The van der Waals surface area contributed by atoms with Crippen LogP contribution >= 0.6 is 0 Å². The van der Waals surface area contributed by atoms with Crippen molar-refractivity contribution in [3.8, 4) is 17.2 Å². The molecule has 1 aromatic heterocycles. The smallest absolute Gasteiger partial charge is 0.336 e. The highest BCUT2D eigenvalue weighted by Gasteiger charge is 2.39. The van der Waals surface area contributed by atoms with Crippen LogP contribution in [0.4, 0.5) is 0 Å². The molecule has 4 rings (SSSR count). The Labute approximate surface area is 185 Å². The Morgan fingerprint density at radius 1 is 1.09 bits per heavy atom. The molecule has 1 atom stereocenters. The van der Waals surface area contributed by atoms with Gasteiger partial charge in [-0.1, -0.05) is 0 Å². The Kier molecular flexibility index (Phi) is 5.65. The standard InChI is InChI=1S/C25H24O7/c1-25(2)22(13-17-11-15-5-9-23(26)30-20(15)14-21(17)32-25)31-24(27)10-6-16-12-18(28-3)7-8-19(16)29-4/h5-12,14,22H,13H2,1-4H3/b10-6+/t22-/m0/s1. The molecule has 32 heavy (non-hydrogen) atoms. The van der Waals surface area contributed by atoms with E-state index in [0.29, 0.717) is 34.8 Å². The van der Waals surface area contributed by atoms with Crippen molar-refractivity contribution in [2.75, 3.05) is 14.2 Å². The lowest BCUT2D eigenvalue weighted by atomic mass is 9.90. The number of ether oxygens (including phenoxy) is 4. The summed E-state index contributed by atoms with van der Waals surface area (Å²) in [5.74, 6) is 1.39. The number of benzene rings is 2. The van der Waals surface area contributed by atoms with Crippen LogP contribution in [0, 0.1) is 0 Å². The van der Waals surface area contributed by atoms with Gasteiger partial charge in [0.25, 0.3) is 0 Å². The summed E-state index contributed by atoms with van der Waals surface area (Å²) in [7, 11) is 3.13. The molecule has 1 aliphatic rings. The van der Waals surface area contributed by atoms with Gasteiger partial charge in [0.15, 0.2) is 0 Å². The normalized spacial score (nSPS) is 16.9. The van der Waals surface area contributed by atoms with Gasteiger partial charge in [-0.15, -0.1) is 0 Å². The van der Waals surface area contributed by atoms with Crippen molar-refractivity contribution >= 4 is 23.0 Å². The molecule has 0 saturated heterocycles. The SMILES string of the molecule is COc1ccc(OC)c(/C=C/C(=O)O[C@H]2Cc3cc4ccc(=O)oc4cc3OC2(C)C)c1. The Morgan fingerprint density at radius 3 is 2.66 bits per heavy atom. The van der Waals surface area contributed by atoms with Gasteiger partial charge < -0.3 is 23.4 Å². The maximum atomic E-state index is 12.6. The minimum Gasteiger partial charge on any atom is -0.497 e. The highest BCUT2D eigenvalue weighted by atomic mass is 16.6. The molecule has 3 aromatic rings. The van der Waals surface area contributed by atoms with E-state index in [-0.39, 0.29) is 0 Å². The van der Waals surface area contributed by atoms with E-state index in [2.05, 4.69) is 0 Å². The average Bonchev–Trinajstić information content (AvgIpc) is 2.76. The van der Waals surface area contributed by atoms with Gasteiger partial charge in [-0.2, -0.15) is 0 Å². The third kappa shape index (κ3) is 4.32. The predicted octanol–water partition coefficient (Wildman–Crippen LogP) is 4.15. The van der Waals surface area contributed by atoms with Crippen molar-refractivity contribution in [3.05, 3.63) is 70.1 Å². The molecule has 0 spiro atoms. The molecule has 0 unspecified atom stereocenters. The Balaban J connectivity index is 1.54. The van der Waals surface area contributed by atoms with Crippen molar-refractivity contribution in [3.63, 3.8) is 0 Å². The van der Waals surface area contributed by atoms with Gasteiger partial charge in [-0.25, -0.2) is 9.59 Å². The van der Waals surface area contributed by atoms with E-state index in [1.54, 1.807) is 50.6 Å². The summed E-state index contributed by atoms with van der Waals surface area (Å²) in [5, 5.41) is 0.779. The molecular weight excluding hydrogens is 412 g/mol. The summed E-state index contributed by atoms with van der Waals surface area (Å²) in [5.41, 5.74) is 0.840. The second-order valence-electron chi connectivity index (χ2n) is 8.03. The molecule has 2 heterocycles. The highest BCUT2D eigenvalue weighted by molar-refractivity contribution is 5.88. The summed E-state index contributed by atoms with van der Waals surface area (Å²) >= 11 is 0. The monoisotopic (exact) mass is 436 g/mol. The maximum absolute atomic E-state index is 12.6. The Morgan fingerprint density at radius 2 is 1.91 bits per heavy atom. The van der Waals surface area contributed by atoms with Gasteiger partial charge >= 0.3 is 11.6 Å². The molecule has 0 aliphatic carbocycles. The van der Waals surface area contributed by atoms with Crippen LogP contribution in [0.25, 0.3) is 17.0 Å². The highest BCUT2D eigenvalue weighted by Crippen LogP contribution is 2.37. The second kappa shape index (κ2) is 8.42. The van der Waals surface area contributed by atoms with Crippen molar-refractivity contribution in [2.24, 2.45) is 0 Å². The molecule has 0 radical (unpaired) electrons.